The lowest BCUT2D eigenvalue weighted by molar-refractivity contribution is -0.150. The maximum absolute atomic E-state index is 10.8. The second kappa shape index (κ2) is 2.87. The number of hydroxylamine groups is 1. The van der Waals surface area contributed by atoms with E-state index in [1.54, 1.807) is 0 Å². The van der Waals surface area contributed by atoms with Crippen molar-refractivity contribution >= 4 is 11.8 Å². The largest absolute Gasteiger partial charge is 0.331 e. The topological polar surface area (TPSA) is 69.6 Å². The van der Waals surface area contributed by atoms with Crippen LogP contribution in [-0.2, 0) is 9.59 Å². The predicted octanol–water partition coefficient (Wildman–Crippen LogP) is -0.887. The number of carbonyl (C=O) groups excluding carboxylic acids is 2. The summed E-state index contributed by atoms with van der Waals surface area (Å²) in [6.07, 6.45) is 0.631. The van der Waals surface area contributed by atoms with Gasteiger partial charge in [-0.05, 0) is 6.42 Å². The van der Waals surface area contributed by atoms with Crippen molar-refractivity contribution in [3.05, 3.63) is 0 Å². The Labute approximate surface area is 63.9 Å². The van der Waals surface area contributed by atoms with Crippen LogP contribution in [0.4, 0.5) is 0 Å². The van der Waals surface area contributed by atoms with Crippen LogP contribution >= 0.6 is 0 Å². The van der Waals surface area contributed by atoms with E-state index in [0.717, 1.165) is 0 Å². The highest BCUT2D eigenvalue weighted by Gasteiger charge is 2.35. The van der Waals surface area contributed by atoms with Gasteiger partial charge in [0.05, 0.1) is 0 Å². The molecule has 1 aliphatic heterocycles. The minimum absolute atomic E-state index is 0.134. The highest BCUT2D eigenvalue weighted by atomic mass is 16.5. The molecule has 2 amide bonds. The third-order valence-electron chi connectivity index (χ3n) is 1.84. The molecular formula is C6H10N2O3. The fourth-order valence-electron chi connectivity index (χ4n) is 1.11. The number of rotatable bonds is 1. The van der Waals surface area contributed by atoms with Crippen molar-refractivity contribution in [3.8, 4) is 0 Å². The molecule has 0 aromatic carbocycles. The number of hydrogen-bond donors (Lipinski definition) is 2. The highest BCUT2D eigenvalue weighted by molar-refractivity contribution is 5.87. The molecule has 0 aromatic rings. The van der Waals surface area contributed by atoms with Gasteiger partial charge in [-0.15, -0.1) is 0 Å². The summed E-state index contributed by atoms with van der Waals surface area (Å²) in [5.41, 5.74) is 1.52. The maximum atomic E-state index is 10.8. The van der Waals surface area contributed by atoms with Gasteiger partial charge in [-0.1, -0.05) is 0 Å². The average Bonchev–Trinajstić information content (AvgIpc) is 1.83. The molecule has 11 heavy (non-hydrogen) atoms. The van der Waals surface area contributed by atoms with Crippen LogP contribution in [0.15, 0.2) is 0 Å². The predicted molar refractivity (Wildman–Crippen MR) is 35.7 cm³/mol. The van der Waals surface area contributed by atoms with Crippen molar-refractivity contribution in [1.82, 2.24) is 10.4 Å². The van der Waals surface area contributed by atoms with E-state index in [2.05, 4.69) is 0 Å². The molecule has 1 rings (SSSR count). The maximum Gasteiger partial charge on any atom is 0.266 e. The van der Waals surface area contributed by atoms with E-state index in [0.29, 0.717) is 13.0 Å². The standard InChI is InChI=1S/C6H10N2O3/c1-4(9)8-3-2-5(8)6(10)7-11/h5,11H,2-3H2,1H3,(H,7,10). The van der Waals surface area contributed by atoms with Crippen LogP contribution in [0, 0.1) is 0 Å². The molecule has 1 saturated heterocycles. The molecule has 0 spiro atoms. The summed E-state index contributed by atoms with van der Waals surface area (Å²) >= 11 is 0. The molecule has 1 atom stereocenters. The summed E-state index contributed by atoms with van der Waals surface area (Å²) in [6, 6.07) is -0.461. The first-order chi connectivity index (χ1) is 5.16. The fraction of sp³-hybridized carbons (Fsp3) is 0.667. The van der Waals surface area contributed by atoms with Gasteiger partial charge < -0.3 is 4.90 Å². The third kappa shape index (κ3) is 1.32. The van der Waals surface area contributed by atoms with Crippen LogP contribution in [0.2, 0.25) is 0 Å². The molecule has 1 unspecified atom stereocenters. The summed E-state index contributed by atoms with van der Waals surface area (Å²) in [5, 5.41) is 8.23. The van der Waals surface area contributed by atoms with E-state index in [1.165, 1.54) is 17.3 Å². The van der Waals surface area contributed by atoms with Crippen molar-refractivity contribution in [2.24, 2.45) is 0 Å². The zero-order valence-electron chi connectivity index (χ0n) is 6.20. The Morgan fingerprint density at radius 1 is 1.64 bits per heavy atom. The van der Waals surface area contributed by atoms with Crippen molar-refractivity contribution in [2.45, 2.75) is 19.4 Å². The SMILES string of the molecule is CC(=O)N1CCC1C(=O)NO. The first-order valence-corrected chi connectivity index (χ1v) is 3.38. The third-order valence-corrected chi connectivity index (χ3v) is 1.84. The number of carbonyl (C=O) groups is 2. The number of hydrogen-bond acceptors (Lipinski definition) is 3. The van der Waals surface area contributed by atoms with Crippen LogP contribution in [0.5, 0.6) is 0 Å². The van der Waals surface area contributed by atoms with Gasteiger partial charge in [0.25, 0.3) is 5.91 Å². The van der Waals surface area contributed by atoms with E-state index in [1.807, 2.05) is 0 Å². The van der Waals surface area contributed by atoms with Gasteiger partial charge in [0.1, 0.15) is 6.04 Å². The van der Waals surface area contributed by atoms with Gasteiger partial charge >= 0.3 is 0 Å². The first-order valence-electron chi connectivity index (χ1n) is 3.38. The monoisotopic (exact) mass is 158 g/mol. The number of likely N-dealkylation sites (tertiary alicyclic amines) is 1. The zero-order valence-corrected chi connectivity index (χ0v) is 6.20. The van der Waals surface area contributed by atoms with Gasteiger partial charge in [0, 0.05) is 13.5 Å². The molecule has 0 aliphatic carbocycles. The molecule has 0 bridgehead atoms. The van der Waals surface area contributed by atoms with Crippen LogP contribution in [0.1, 0.15) is 13.3 Å². The summed E-state index contributed by atoms with van der Waals surface area (Å²) in [7, 11) is 0. The lowest BCUT2D eigenvalue weighted by Gasteiger charge is -2.38. The Kier molecular flexibility index (Phi) is 2.09. The number of amides is 2. The van der Waals surface area contributed by atoms with Crippen LogP contribution in [-0.4, -0.2) is 34.5 Å². The van der Waals surface area contributed by atoms with Gasteiger partial charge in [-0.3, -0.25) is 14.8 Å². The second-order valence-corrected chi connectivity index (χ2v) is 2.49. The molecule has 0 saturated carbocycles. The van der Waals surface area contributed by atoms with Crippen molar-refractivity contribution in [1.29, 1.82) is 0 Å². The quantitative estimate of drug-likeness (QED) is 0.384. The number of nitrogens with zero attached hydrogens (tertiary/aromatic N) is 1. The highest BCUT2D eigenvalue weighted by Crippen LogP contribution is 2.16. The van der Waals surface area contributed by atoms with E-state index in [-0.39, 0.29) is 5.91 Å². The van der Waals surface area contributed by atoms with Crippen molar-refractivity contribution in [3.63, 3.8) is 0 Å². The molecule has 5 nitrogen and oxygen atoms in total. The van der Waals surface area contributed by atoms with E-state index >= 15 is 0 Å². The Bertz CT molecular complexity index is 192. The first kappa shape index (κ1) is 8.00. The number of nitrogens with one attached hydrogen (secondary N) is 1. The van der Waals surface area contributed by atoms with Crippen molar-refractivity contribution in [2.75, 3.05) is 6.54 Å². The van der Waals surface area contributed by atoms with Crippen LogP contribution in [0.25, 0.3) is 0 Å². The van der Waals surface area contributed by atoms with Crippen molar-refractivity contribution < 1.29 is 14.8 Å². The zero-order chi connectivity index (χ0) is 8.43. The smallest absolute Gasteiger partial charge is 0.266 e. The molecule has 0 radical (unpaired) electrons. The van der Waals surface area contributed by atoms with E-state index in [9.17, 15) is 9.59 Å². The summed E-state index contributed by atoms with van der Waals surface area (Å²) < 4.78 is 0. The van der Waals surface area contributed by atoms with Crippen LogP contribution in [0.3, 0.4) is 0 Å². The molecule has 62 valence electrons. The Morgan fingerprint density at radius 3 is 2.55 bits per heavy atom. The molecule has 2 N–H and O–H groups in total. The molecular weight excluding hydrogens is 148 g/mol. The Morgan fingerprint density at radius 2 is 2.27 bits per heavy atom. The summed E-state index contributed by atoms with van der Waals surface area (Å²) in [5.74, 6) is -0.642. The van der Waals surface area contributed by atoms with Crippen LogP contribution < -0.4 is 5.48 Å². The normalized spacial score (nSPS) is 22.4. The summed E-state index contributed by atoms with van der Waals surface area (Å²) in [4.78, 5) is 22.9. The summed E-state index contributed by atoms with van der Waals surface area (Å²) in [6.45, 7) is 2.00. The molecule has 1 heterocycles. The lowest BCUT2D eigenvalue weighted by Crippen LogP contribution is -2.57. The Balaban J connectivity index is 2.49. The molecule has 0 aromatic heterocycles. The van der Waals surface area contributed by atoms with E-state index in [4.69, 9.17) is 5.21 Å². The van der Waals surface area contributed by atoms with E-state index < -0.39 is 11.9 Å². The fourth-order valence-corrected chi connectivity index (χ4v) is 1.11. The lowest BCUT2D eigenvalue weighted by atomic mass is 10.0. The average molecular weight is 158 g/mol. The van der Waals surface area contributed by atoms with Gasteiger partial charge in [-0.2, -0.15) is 0 Å². The molecule has 5 heteroatoms. The second-order valence-electron chi connectivity index (χ2n) is 2.49. The van der Waals surface area contributed by atoms with Gasteiger partial charge in [0.2, 0.25) is 5.91 Å². The molecule has 1 aliphatic rings. The Hall–Kier alpha value is -1.10. The minimum Gasteiger partial charge on any atom is -0.331 e. The minimum atomic E-state index is -0.508. The van der Waals surface area contributed by atoms with Gasteiger partial charge in [0.15, 0.2) is 0 Å². The van der Waals surface area contributed by atoms with Gasteiger partial charge in [-0.25, -0.2) is 5.48 Å². The molecule has 1 fully saturated rings.